The number of urea groups is 1. The number of allylic oxidation sites excluding steroid dienone is 1. The van der Waals surface area contributed by atoms with Crippen LogP contribution in [0.5, 0.6) is 0 Å². The summed E-state index contributed by atoms with van der Waals surface area (Å²) < 4.78 is 25.5. The van der Waals surface area contributed by atoms with Gasteiger partial charge in [0.15, 0.2) is 0 Å². The molecule has 194 valence electrons. The van der Waals surface area contributed by atoms with Crippen molar-refractivity contribution in [1.82, 2.24) is 36.6 Å². The van der Waals surface area contributed by atoms with Crippen LogP contribution >= 0.6 is 0 Å². The molecule has 0 aromatic heterocycles. The molecule has 0 bridgehead atoms. The molecule has 1 saturated heterocycles. The summed E-state index contributed by atoms with van der Waals surface area (Å²) in [5, 5.41) is 20.1. The maximum absolute atomic E-state index is 12.9. The molecule has 5 unspecified atom stereocenters. The van der Waals surface area contributed by atoms with Crippen LogP contribution in [0.15, 0.2) is 36.4 Å². The number of carbonyl (C=O) groups is 1. The molecule has 4 rings (SSSR count). The Morgan fingerprint density at radius 1 is 1.17 bits per heavy atom. The van der Waals surface area contributed by atoms with Gasteiger partial charge in [-0.15, -0.1) is 0 Å². The Balaban J connectivity index is 1.38. The Hall–Kier alpha value is -2.02. The standard InChI is InChI=1S/C24H39N7O3S/c1-17-15-24(20-10-4-3-5-11-20,26-12-13-27-35(2,33)34)31-22(28-17)30-23(32)29-21-14-18-8-6-7-9-19(18)16-25-21/h4,6-10,17,20-22,25-28,31H,3,5,11-16H2,1-2H3,(H2,29,30,32). The lowest BCUT2D eigenvalue weighted by Gasteiger charge is -2.50. The van der Waals surface area contributed by atoms with Gasteiger partial charge in [-0.3, -0.25) is 21.3 Å². The summed E-state index contributed by atoms with van der Waals surface area (Å²) in [6, 6.07) is 8.14. The van der Waals surface area contributed by atoms with Gasteiger partial charge in [-0.1, -0.05) is 36.4 Å². The fraction of sp³-hybridized carbons (Fsp3) is 0.625. The molecule has 2 amide bonds. The number of amides is 2. The lowest BCUT2D eigenvalue weighted by atomic mass is 9.79. The summed E-state index contributed by atoms with van der Waals surface area (Å²) in [5.74, 6) is 0.225. The summed E-state index contributed by atoms with van der Waals surface area (Å²) >= 11 is 0. The van der Waals surface area contributed by atoms with Crippen molar-refractivity contribution in [3.8, 4) is 0 Å². The molecule has 2 aliphatic heterocycles. The van der Waals surface area contributed by atoms with Crippen molar-refractivity contribution in [2.45, 2.75) is 69.7 Å². The maximum Gasteiger partial charge on any atom is 0.318 e. The van der Waals surface area contributed by atoms with Gasteiger partial charge in [0, 0.05) is 38.0 Å². The average molecular weight is 506 g/mol. The van der Waals surface area contributed by atoms with E-state index in [2.05, 4.69) is 67.8 Å². The van der Waals surface area contributed by atoms with Gasteiger partial charge in [-0.05, 0) is 43.7 Å². The first-order valence-corrected chi connectivity index (χ1v) is 14.4. The molecule has 5 atom stereocenters. The second-order valence-corrected chi connectivity index (χ2v) is 11.7. The Morgan fingerprint density at radius 2 is 1.97 bits per heavy atom. The predicted octanol–water partition coefficient (Wildman–Crippen LogP) is 0.404. The Labute approximate surface area is 208 Å². The van der Waals surface area contributed by atoms with Crippen molar-refractivity contribution >= 4 is 16.1 Å². The molecular weight excluding hydrogens is 466 g/mol. The van der Waals surface area contributed by atoms with E-state index in [0.29, 0.717) is 13.1 Å². The molecule has 11 heteroatoms. The van der Waals surface area contributed by atoms with E-state index in [1.807, 2.05) is 12.1 Å². The SMILES string of the molecule is CC1CC(NCCNS(C)(=O)=O)(C2C=CCCC2)NC(NC(=O)NC2Cc3ccccc3CN2)N1. The highest BCUT2D eigenvalue weighted by atomic mass is 32.2. The molecule has 0 radical (unpaired) electrons. The van der Waals surface area contributed by atoms with Crippen LogP contribution in [0.2, 0.25) is 0 Å². The van der Waals surface area contributed by atoms with Crippen LogP contribution in [0.3, 0.4) is 0 Å². The van der Waals surface area contributed by atoms with Gasteiger partial charge in [-0.25, -0.2) is 17.9 Å². The first-order chi connectivity index (χ1) is 16.7. The Kier molecular flexibility index (Phi) is 8.46. The third kappa shape index (κ3) is 7.25. The second kappa shape index (κ2) is 11.4. The van der Waals surface area contributed by atoms with Crippen LogP contribution in [0, 0.1) is 5.92 Å². The highest BCUT2D eigenvalue weighted by Gasteiger charge is 2.43. The number of hydrogen-bond acceptors (Lipinski definition) is 7. The molecule has 7 N–H and O–H groups in total. The lowest BCUT2D eigenvalue weighted by Crippen LogP contribution is -2.77. The van der Waals surface area contributed by atoms with Crippen LogP contribution in [0.4, 0.5) is 4.79 Å². The van der Waals surface area contributed by atoms with E-state index < -0.39 is 22.0 Å². The van der Waals surface area contributed by atoms with E-state index >= 15 is 0 Å². The van der Waals surface area contributed by atoms with Gasteiger partial charge in [0.2, 0.25) is 10.0 Å². The van der Waals surface area contributed by atoms with Gasteiger partial charge in [0.05, 0.1) is 18.1 Å². The minimum Gasteiger partial charge on any atom is -0.322 e. The van der Waals surface area contributed by atoms with Crippen molar-refractivity contribution in [1.29, 1.82) is 0 Å². The quantitative estimate of drug-likeness (QED) is 0.201. The molecule has 10 nitrogen and oxygen atoms in total. The second-order valence-electron chi connectivity index (χ2n) is 9.90. The lowest BCUT2D eigenvalue weighted by molar-refractivity contribution is 0.0700. The molecule has 2 heterocycles. The molecule has 3 aliphatic rings. The largest absolute Gasteiger partial charge is 0.322 e. The fourth-order valence-corrected chi connectivity index (χ4v) is 5.88. The zero-order valence-electron chi connectivity index (χ0n) is 20.6. The molecule has 1 aliphatic carbocycles. The molecule has 35 heavy (non-hydrogen) atoms. The number of nitrogens with one attached hydrogen (secondary N) is 7. The number of hydrogen-bond donors (Lipinski definition) is 7. The van der Waals surface area contributed by atoms with Gasteiger partial charge >= 0.3 is 6.03 Å². The van der Waals surface area contributed by atoms with Gasteiger partial charge in [-0.2, -0.15) is 0 Å². The van der Waals surface area contributed by atoms with Crippen molar-refractivity contribution in [3.63, 3.8) is 0 Å². The average Bonchev–Trinajstić information content (AvgIpc) is 2.81. The summed E-state index contributed by atoms with van der Waals surface area (Å²) in [6.45, 7) is 3.60. The first-order valence-electron chi connectivity index (χ1n) is 12.5. The van der Waals surface area contributed by atoms with Crippen molar-refractivity contribution in [3.05, 3.63) is 47.5 Å². The Bertz CT molecular complexity index is 1020. The van der Waals surface area contributed by atoms with Crippen LogP contribution in [-0.4, -0.2) is 58.0 Å². The zero-order valence-corrected chi connectivity index (χ0v) is 21.4. The highest BCUT2D eigenvalue weighted by molar-refractivity contribution is 7.88. The van der Waals surface area contributed by atoms with E-state index in [0.717, 1.165) is 44.9 Å². The van der Waals surface area contributed by atoms with E-state index in [1.165, 1.54) is 11.1 Å². The topological polar surface area (TPSA) is 135 Å². The molecule has 1 fully saturated rings. The first kappa shape index (κ1) is 26.1. The van der Waals surface area contributed by atoms with E-state index in [1.54, 1.807) is 0 Å². The number of rotatable bonds is 8. The minimum absolute atomic E-state index is 0.131. The molecule has 0 saturated carbocycles. The van der Waals surface area contributed by atoms with Crippen LogP contribution in [-0.2, 0) is 23.0 Å². The zero-order chi connectivity index (χ0) is 24.9. The number of fused-ring (bicyclic) bond motifs is 1. The van der Waals surface area contributed by atoms with Gasteiger partial charge < -0.3 is 10.6 Å². The molecule has 1 aromatic rings. The smallest absolute Gasteiger partial charge is 0.318 e. The number of benzene rings is 1. The number of sulfonamides is 1. The third-order valence-electron chi connectivity index (χ3n) is 6.96. The highest BCUT2D eigenvalue weighted by Crippen LogP contribution is 2.32. The van der Waals surface area contributed by atoms with E-state index in [9.17, 15) is 13.2 Å². The van der Waals surface area contributed by atoms with Crippen molar-refractivity contribution in [2.75, 3.05) is 19.3 Å². The summed E-state index contributed by atoms with van der Waals surface area (Å²) in [7, 11) is -3.25. The monoisotopic (exact) mass is 505 g/mol. The third-order valence-corrected chi connectivity index (χ3v) is 7.69. The fourth-order valence-electron chi connectivity index (χ4n) is 5.41. The van der Waals surface area contributed by atoms with Crippen molar-refractivity contribution < 1.29 is 13.2 Å². The predicted molar refractivity (Wildman–Crippen MR) is 137 cm³/mol. The molecular formula is C24H39N7O3S. The summed E-state index contributed by atoms with van der Waals surface area (Å²) in [4.78, 5) is 12.9. The maximum atomic E-state index is 12.9. The van der Waals surface area contributed by atoms with Crippen LogP contribution in [0.25, 0.3) is 0 Å². The molecule has 1 aromatic carbocycles. The minimum atomic E-state index is -3.25. The van der Waals surface area contributed by atoms with E-state index in [-0.39, 0.29) is 24.2 Å². The van der Waals surface area contributed by atoms with Crippen LogP contribution < -0.4 is 36.6 Å². The van der Waals surface area contributed by atoms with Crippen molar-refractivity contribution in [2.24, 2.45) is 5.92 Å². The number of carbonyl (C=O) groups excluding carboxylic acids is 1. The Morgan fingerprint density at radius 3 is 2.71 bits per heavy atom. The summed E-state index contributed by atoms with van der Waals surface area (Å²) in [6.07, 6.45) is 9.74. The normalized spacial score (nSPS) is 30.9. The molecule has 0 spiro atoms. The van der Waals surface area contributed by atoms with Gasteiger partial charge in [0.25, 0.3) is 0 Å². The summed E-state index contributed by atoms with van der Waals surface area (Å²) in [5.41, 5.74) is 2.03. The van der Waals surface area contributed by atoms with Gasteiger partial charge in [0.1, 0.15) is 6.29 Å². The van der Waals surface area contributed by atoms with Crippen LogP contribution in [0.1, 0.15) is 43.7 Å². The van der Waals surface area contributed by atoms with E-state index in [4.69, 9.17) is 0 Å².